The van der Waals surface area contributed by atoms with E-state index in [0.717, 1.165) is 9.13 Å². The number of carbonyl (C=O) groups is 2. The predicted molar refractivity (Wildman–Crippen MR) is 108 cm³/mol. The first-order chi connectivity index (χ1) is 14.3. The minimum absolute atomic E-state index is 0.205. The van der Waals surface area contributed by atoms with Crippen molar-refractivity contribution in [3.8, 4) is 0 Å². The highest BCUT2D eigenvalue weighted by Crippen LogP contribution is 2.13. The van der Waals surface area contributed by atoms with Crippen molar-refractivity contribution in [2.45, 2.75) is 19.9 Å². The Balaban J connectivity index is 1.88. The van der Waals surface area contributed by atoms with Crippen molar-refractivity contribution in [3.05, 3.63) is 72.7 Å². The average Bonchev–Trinajstić information content (AvgIpc) is 2.73. The number of rotatable bonds is 6. The Morgan fingerprint density at radius 3 is 2.57 bits per heavy atom. The number of benzene rings is 1. The van der Waals surface area contributed by atoms with Crippen LogP contribution in [0.5, 0.6) is 0 Å². The van der Waals surface area contributed by atoms with E-state index in [1.165, 1.54) is 13.1 Å². The molecule has 0 aliphatic heterocycles. The van der Waals surface area contributed by atoms with Gasteiger partial charge in [0, 0.05) is 19.0 Å². The SMILES string of the molecule is CCCn1c(N)c(C(=O)COC(=O)c2cc3ccccc3oc2=O)c(=O)n(C)c1=O. The van der Waals surface area contributed by atoms with E-state index in [1.54, 1.807) is 31.2 Å². The van der Waals surface area contributed by atoms with Gasteiger partial charge in [-0.3, -0.25) is 18.7 Å². The first-order valence-electron chi connectivity index (χ1n) is 9.08. The summed E-state index contributed by atoms with van der Waals surface area (Å²) >= 11 is 0. The fourth-order valence-corrected chi connectivity index (χ4v) is 2.97. The van der Waals surface area contributed by atoms with Crippen LogP contribution in [0.15, 0.2) is 49.1 Å². The maximum atomic E-state index is 12.6. The molecule has 30 heavy (non-hydrogen) atoms. The number of fused-ring (bicyclic) bond motifs is 1. The van der Waals surface area contributed by atoms with Crippen LogP contribution in [0, 0.1) is 0 Å². The van der Waals surface area contributed by atoms with Crippen molar-refractivity contribution in [1.29, 1.82) is 0 Å². The normalized spacial score (nSPS) is 10.9. The highest BCUT2D eigenvalue weighted by atomic mass is 16.5. The number of esters is 1. The number of anilines is 1. The molecule has 0 bridgehead atoms. The molecule has 0 saturated heterocycles. The van der Waals surface area contributed by atoms with E-state index < -0.39 is 46.4 Å². The molecule has 10 heteroatoms. The van der Waals surface area contributed by atoms with Crippen LogP contribution in [0.2, 0.25) is 0 Å². The number of carbonyl (C=O) groups excluding carboxylic acids is 2. The summed E-state index contributed by atoms with van der Waals surface area (Å²) in [5, 5.41) is 0.500. The molecule has 156 valence electrons. The summed E-state index contributed by atoms with van der Waals surface area (Å²) in [6, 6.07) is 7.87. The summed E-state index contributed by atoms with van der Waals surface area (Å²) in [7, 11) is 1.22. The maximum absolute atomic E-state index is 12.6. The van der Waals surface area contributed by atoms with Crippen molar-refractivity contribution >= 4 is 28.5 Å². The van der Waals surface area contributed by atoms with E-state index in [0.29, 0.717) is 17.4 Å². The molecule has 0 aliphatic rings. The lowest BCUT2D eigenvalue weighted by molar-refractivity contribution is 0.0470. The van der Waals surface area contributed by atoms with Gasteiger partial charge in [-0.25, -0.2) is 14.4 Å². The summed E-state index contributed by atoms with van der Waals surface area (Å²) in [5.41, 5.74) is 2.86. The van der Waals surface area contributed by atoms with E-state index in [1.807, 2.05) is 0 Å². The van der Waals surface area contributed by atoms with Gasteiger partial charge in [0.05, 0.1) is 0 Å². The van der Waals surface area contributed by atoms with Crippen molar-refractivity contribution in [3.63, 3.8) is 0 Å². The van der Waals surface area contributed by atoms with Gasteiger partial charge in [-0.15, -0.1) is 0 Å². The molecule has 0 spiro atoms. The van der Waals surface area contributed by atoms with E-state index in [4.69, 9.17) is 14.9 Å². The third-order valence-corrected chi connectivity index (χ3v) is 4.51. The number of aromatic nitrogens is 2. The second-order valence-corrected chi connectivity index (χ2v) is 6.54. The molecule has 0 amide bonds. The molecule has 0 radical (unpaired) electrons. The number of para-hydroxylation sites is 1. The first-order valence-corrected chi connectivity index (χ1v) is 9.08. The topological polar surface area (TPSA) is 144 Å². The minimum Gasteiger partial charge on any atom is -0.453 e. The number of nitrogens with zero attached hydrogens (tertiary/aromatic N) is 2. The fraction of sp³-hybridized carbons (Fsp3) is 0.250. The minimum atomic E-state index is -1.08. The number of Topliss-reactive ketones (excluding diaryl/α,β-unsaturated/α-hetero) is 1. The summed E-state index contributed by atoms with van der Waals surface area (Å²) in [6.07, 6.45) is 0.544. The zero-order chi connectivity index (χ0) is 22.0. The van der Waals surface area contributed by atoms with Crippen molar-refractivity contribution in [2.75, 3.05) is 12.3 Å². The molecule has 3 aromatic rings. The summed E-state index contributed by atoms with van der Waals surface area (Å²) < 4.78 is 11.8. The van der Waals surface area contributed by atoms with E-state index >= 15 is 0 Å². The second-order valence-electron chi connectivity index (χ2n) is 6.54. The number of hydrogen-bond donors (Lipinski definition) is 1. The number of nitrogen functional groups attached to an aromatic ring is 1. The molecular weight excluding hydrogens is 394 g/mol. The van der Waals surface area contributed by atoms with E-state index in [9.17, 15) is 24.0 Å². The molecule has 10 nitrogen and oxygen atoms in total. The largest absolute Gasteiger partial charge is 0.453 e. The van der Waals surface area contributed by atoms with Gasteiger partial charge in [0.2, 0.25) is 5.78 Å². The molecule has 1 aromatic carbocycles. The van der Waals surface area contributed by atoms with Crippen LogP contribution in [-0.4, -0.2) is 27.5 Å². The van der Waals surface area contributed by atoms with Crippen LogP contribution in [0.1, 0.15) is 34.1 Å². The van der Waals surface area contributed by atoms with Gasteiger partial charge in [-0.2, -0.15) is 0 Å². The molecule has 0 aliphatic carbocycles. The van der Waals surface area contributed by atoms with Gasteiger partial charge < -0.3 is 14.9 Å². The van der Waals surface area contributed by atoms with Gasteiger partial charge in [0.25, 0.3) is 5.56 Å². The fourth-order valence-electron chi connectivity index (χ4n) is 2.97. The molecule has 2 N–H and O–H groups in total. The van der Waals surface area contributed by atoms with E-state index in [-0.39, 0.29) is 12.4 Å². The van der Waals surface area contributed by atoms with Gasteiger partial charge in [-0.05, 0) is 18.6 Å². The molecule has 3 rings (SSSR count). The Kier molecular flexibility index (Phi) is 5.67. The van der Waals surface area contributed by atoms with Gasteiger partial charge in [-0.1, -0.05) is 25.1 Å². The third kappa shape index (κ3) is 3.66. The smallest absolute Gasteiger partial charge is 0.351 e. The zero-order valence-electron chi connectivity index (χ0n) is 16.3. The van der Waals surface area contributed by atoms with Crippen LogP contribution in [0.25, 0.3) is 11.0 Å². The Bertz CT molecular complexity index is 1330. The number of ether oxygens (including phenoxy) is 1. The van der Waals surface area contributed by atoms with Crippen LogP contribution < -0.4 is 22.6 Å². The Hall–Kier alpha value is -3.95. The summed E-state index contributed by atoms with van der Waals surface area (Å²) in [6.45, 7) is 1.17. The molecule has 0 atom stereocenters. The molecule has 2 heterocycles. The molecular formula is C20H19N3O7. The van der Waals surface area contributed by atoms with Gasteiger partial charge in [0.1, 0.15) is 22.5 Å². The summed E-state index contributed by atoms with van der Waals surface area (Å²) in [5.74, 6) is -2.27. The van der Waals surface area contributed by atoms with Crippen molar-refractivity contribution < 1.29 is 18.7 Å². The highest BCUT2D eigenvalue weighted by Gasteiger charge is 2.23. The average molecular weight is 413 g/mol. The predicted octanol–water partition coefficient (Wildman–Crippen LogP) is 0.685. The van der Waals surface area contributed by atoms with Crippen molar-refractivity contribution in [2.24, 2.45) is 7.05 Å². The Morgan fingerprint density at radius 2 is 1.87 bits per heavy atom. The van der Waals surface area contributed by atoms with Crippen LogP contribution >= 0.6 is 0 Å². The molecule has 2 aromatic heterocycles. The van der Waals surface area contributed by atoms with Gasteiger partial charge >= 0.3 is 17.3 Å². The lowest BCUT2D eigenvalue weighted by Crippen LogP contribution is -2.43. The van der Waals surface area contributed by atoms with E-state index in [2.05, 4.69) is 0 Å². The zero-order valence-corrected chi connectivity index (χ0v) is 16.3. The molecule has 0 fully saturated rings. The quantitative estimate of drug-likeness (QED) is 0.353. The van der Waals surface area contributed by atoms with Crippen molar-refractivity contribution in [1.82, 2.24) is 9.13 Å². The lowest BCUT2D eigenvalue weighted by Gasteiger charge is -2.13. The monoisotopic (exact) mass is 413 g/mol. The Morgan fingerprint density at radius 1 is 1.17 bits per heavy atom. The molecule has 0 unspecified atom stereocenters. The maximum Gasteiger partial charge on any atom is 0.351 e. The lowest BCUT2D eigenvalue weighted by atomic mass is 10.2. The Labute approximate surface area is 169 Å². The second kappa shape index (κ2) is 8.19. The molecule has 0 saturated carbocycles. The third-order valence-electron chi connectivity index (χ3n) is 4.51. The van der Waals surface area contributed by atoms with Crippen LogP contribution in [-0.2, 0) is 18.3 Å². The number of nitrogens with two attached hydrogens (primary N) is 1. The van der Waals surface area contributed by atoms with Crippen LogP contribution in [0.3, 0.4) is 0 Å². The van der Waals surface area contributed by atoms with Crippen LogP contribution in [0.4, 0.5) is 5.82 Å². The summed E-state index contributed by atoms with van der Waals surface area (Å²) in [4.78, 5) is 61.4. The van der Waals surface area contributed by atoms with Gasteiger partial charge in [0.15, 0.2) is 6.61 Å². The number of hydrogen-bond acceptors (Lipinski definition) is 8. The standard InChI is InChI=1S/C20H19N3O7/c1-3-8-23-16(21)15(17(25)22(2)20(23)28)13(24)10-29-18(26)12-9-11-6-4-5-7-14(11)30-19(12)27/h4-7,9H,3,8,10,21H2,1-2H3. The highest BCUT2D eigenvalue weighted by molar-refractivity contribution is 6.02. The first kappa shape index (κ1) is 20.8. The number of ketones is 1.